The summed E-state index contributed by atoms with van der Waals surface area (Å²) in [5, 5.41) is 2.94. The maximum atomic E-state index is 12.0. The molecule has 0 bridgehead atoms. The van der Waals surface area contributed by atoms with Gasteiger partial charge in [0.05, 0.1) is 6.10 Å². The first-order valence-electron chi connectivity index (χ1n) is 3.93. The summed E-state index contributed by atoms with van der Waals surface area (Å²) in [4.78, 5) is 0. The van der Waals surface area contributed by atoms with E-state index in [-0.39, 0.29) is 6.10 Å². The molecule has 1 aliphatic heterocycles. The molecule has 0 aromatic heterocycles. The molecule has 2 atom stereocenters. The quantitative estimate of drug-likeness (QED) is 0.697. The van der Waals surface area contributed by atoms with Crippen molar-refractivity contribution in [1.82, 2.24) is 5.32 Å². The second kappa shape index (κ2) is 3.62. The van der Waals surface area contributed by atoms with Crippen LogP contribution >= 0.6 is 0 Å². The van der Waals surface area contributed by atoms with Crippen LogP contribution in [0, 0.1) is 0 Å². The fourth-order valence-electron chi connectivity index (χ4n) is 1.11. The average molecular weight is 183 g/mol. The summed E-state index contributed by atoms with van der Waals surface area (Å²) in [7, 11) is 0. The molecule has 0 amide bonds. The maximum absolute atomic E-state index is 12.0. The van der Waals surface area contributed by atoms with Gasteiger partial charge in [-0.15, -0.1) is 0 Å². The van der Waals surface area contributed by atoms with Gasteiger partial charge in [-0.3, -0.25) is 0 Å². The van der Waals surface area contributed by atoms with E-state index >= 15 is 0 Å². The van der Waals surface area contributed by atoms with Gasteiger partial charge in [-0.1, -0.05) is 0 Å². The second-order valence-electron chi connectivity index (χ2n) is 2.93. The Labute approximate surface area is 69.1 Å². The van der Waals surface area contributed by atoms with Crippen LogP contribution in [-0.2, 0) is 4.74 Å². The van der Waals surface area contributed by atoms with Gasteiger partial charge in [0, 0.05) is 6.54 Å². The summed E-state index contributed by atoms with van der Waals surface area (Å²) in [5.74, 6) is 0. The van der Waals surface area contributed by atoms with E-state index < -0.39 is 12.3 Å². The van der Waals surface area contributed by atoms with E-state index in [4.69, 9.17) is 4.74 Å². The summed E-state index contributed by atoms with van der Waals surface area (Å²) >= 11 is 0. The zero-order valence-electron chi connectivity index (χ0n) is 6.82. The number of alkyl halides is 3. The molecular weight excluding hydrogens is 171 g/mol. The lowest BCUT2D eigenvalue weighted by Crippen LogP contribution is -2.33. The van der Waals surface area contributed by atoms with Crippen molar-refractivity contribution >= 4 is 0 Å². The van der Waals surface area contributed by atoms with Crippen LogP contribution in [0.15, 0.2) is 0 Å². The average Bonchev–Trinajstić information content (AvgIpc) is 2.37. The lowest BCUT2D eigenvalue weighted by atomic mass is 10.3. The Bertz CT molecular complexity index is 142. The third-order valence-electron chi connectivity index (χ3n) is 1.87. The molecule has 1 unspecified atom stereocenters. The predicted molar refractivity (Wildman–Crippen MR) is 37.9 cm³/mol. The zero-order chi connectivity index (χ0) is 9.19. The third-order valence-corrected chi connectivity index (χ3v) is 1.87. The van der Waals surface area contributed by atoms with Crippen LogP contribution in [0.25, 0.3) is 0 Å². The Morgan fingerprint density at radius 3 is 2.58 bits per heavy atom. The summed E-state index contributed by atoms with van der Waals surface area (Å²) in [6.07, 6.45) is -5.49. The molecule has 2 nitrogen and oxygen atoms in total. The van der Waals surface area contributed by atoms with Gasteiger partial charge >= 0.3 is 6.18 Å². The fourth-order valence-corrected chi connectivity index (χ4v) is 1.11. The Morgan fingerprint density at radius 2 is 2.17 bits per heavy atom. The maximum Gasteiger partial charge on any atom is 0.414 e. The van der Waals surface area contributed by atoms with E-state index in [1.54, 1.807) is 0 Å². The molecule has 0 spiro atoms. The molecule has 1 rings (SSSR count). The Kier molecular flexibility index (Phi) is 2.95. The highest BCUT2D eigenvalue weighted by Gasteiger charge is 2.38. The highest BCUT2D eigenvalue weighted by molar-refractivity contribution is 4.74. The van der Waals surface area contributed by atoms with Crippen molar-refractivity contribution in [3.05, 3.63) is 0 Å². The standard InChI is InChI=1S/C7H12F3NO/c1-5(7(8,9)10)12-6-2-3-11-4-6/h5-6,11H,2-4H2,1H3/t5?,6-/m0/s1. The zero-order valence-corrected chi connectivity index (χ0v) is 6.82. The largest absolute Gasteiger partial charge is 0.414 e. The summed E-state index contributed by atoms with van der Waals surface area (Å²) in [5.41, 5.74) is 0. The van der Waals surface area contributed by atoms with Crippen LogP contribution in [-0.4, -0.2) is 31.5 Å². The van der Waals surface area contributed by atoms with E-state index in [2.05, 4.69) is 5.32 Å². The van der Waals surface area contributed by atoms with Crippen molar-refractivity contribution in [2.45, 2.75) is 31.7 Å². The minimum absolute atomic E-state index is 0.276. The Morgan fingerprint density at radius 1 is 1.50 bits per heavy atom. The van der Waals surface area contributed by atoms with Gasteiger partial charge in [0.25, 0.3) is 0 Å². The first kappa shape index (κ1) is 9.80. The third kappa shape index (κ3) is 2.64. The predicted octanol–water partition coefficient (Wildman–Crippen LogP) is 1.32. The molecule has 0 aromatic carbocycles. The monoisotopic (exact) mass is 183 g/mol. The van der Waals surface area contributed by atoms with E-state index in [1.807, 2.05) is 0 Å². The van der Waals surface area contributed by atoms with Gasteiger partial charge in [-0.05, 0) is 19.9 Å². The molecular formula is C7H12F3NO. The topological polar surface area (TPSA) is 21.3 Å². The lowest BCUT2D eigenvalue weighted by Gasteiger charge is -2.20. The molecule has 0 aromatic rings. The van der Waals surface area contributed by atoms with Crippen molar-refractivity contribution < 1.29 is 17.9 Å². The first-order valence-corrected chi connectivity index (χ1v) is 3.93. The molecule has 0 radical (unpaired) electrons. The SMILES string of the molecule is CC(O[C@H]1CCNC1)C(F)(F)F. The van der Waals surface area contributed by atoms with E-state index in [9.17, 15) is 13.2 Å². The molecule has 1 heterocycles. The number of ether oxygens (including phenoxy) is 1. The smallest absolute Gasteiger partial charge is 0.364 e. The normalized spacial score (nSPS) is 27.5. The molecule has 72 valence electrons. The van der Waals surface area contributed by atoms with Crippen molar-refractivity contribution in [2.75, 3.05) is 13.1 Å². The van der Waals surface area contributed by atoms with Crippen LogP contribution in [0.1, 0.15) is 13.3 Å². The van der Waals surface area contributed by atoms with E-state index in [0.29, 0.717) is 13.0 Å². The summed E-state index contributed by atoms with van der Waals surface area (Å²) in [6, 6.07) is 0. The molecule has 12 heavy (non-hydrogen) atoms. The van der Waals surface area contributed by atoms with E-state index in [0.717, 1.165) is 13.5 Å². The number of rotatable bonds is 2. The van der Waals surface area contributed by atoms with Crippen molar-refractivity contribution in [1.29, 1.82) is 0 Å². The first-order chi connectivity index (χ1) is 5.50. The molecule has 1 N–H and O–H groups in total. The van der Waals surface area contributed by atoms with Gasteiger partial charge in [-0.25, -0.2) is 0 Å². The highest BCUT2D eigenvalue weighted by Crippen LogP contribution is 2.24. The van der Waals surface area contributed by atoms with Gasteiger partial charge < -0.3 is 10.1 Å². The number of hydrogen-bond donors (Lipinski definition) is 1. The number of halogens is 3. The highest BCUT2D eigenvalue weighted by atomic mass is 19.4. The second-order valence-corrected chi connectivity index (χ2v) is 2.93. The molecule has 1 saturated heterocycles. The summed E-state index contributed by atoms with van der Waals surface area (Å²) in [6.45, 7) is 2.31. The van der Waals surface area contributed by atoms with Crippen LogP contribution in [0.3, 0.4) is 0 Å². The van der Waals surface area contributed by atoms with Crippen molar-refractivity contribution in [3.63, 3.8) is 0 Å². The number of hydrogen-bond acceptors (Lipinski definition) is 2. The molecule has 5 heteroatoms. The van der Waals surface area contributed by atoms with Crippen LogP contribution in [0.4, 0.5) is 13.2 Å². The molecule has 1 aliphatic rings. The van der Waals surface area contributed by atoms with Crippen molar-refractivity contribution in [2.24, 2.45) is 0 Å². The Balaban J connectivity index is 2.30. The van der Waals surface area contributed by atoms with Crippen LogP contribution in [0.2, 0.25) is 0 Å². The number of nitrogens with one attached hydrogen (secondary N) is 1. The van der Waals surface area contributed by atoms with Crippen LogP contribution < -0.4 is 5.32 Å². The van der Waals surface area contributed by atoms with E-state index in [1.165, 1.54) is 0 Å². The fraction of sp³-hybridized carbons (Fsp3) is 1.00. The minimum atomic E-state index is -4.23. The van der Waals surface area contributed by atoms with Crippen molar-refractivity contribution in [3.8, 4) is 0 Å². The minimum Gasteiger partial charge on any atom is -0.364 e. The molecule has 0 saturated carbocycles. The lowest BCUT2D eigenvalue weighted by molar-refractivity contribution is -0.224. The Hall–Kier alpha value is -0.290. The molecule has 0 aliphatic carbocycles. The van der Waals surface area contributed by atoms with Gasteiger partial charge in [0.2, 0.25) is 0 Å². The van der Waals surface area contributed by atoms with Gasteiger partial charge in [0.15, 0.2) is 6.10 Å². The summed E-state index contributed by atoms with van der Waals surface area (Å²) < 4.78 is 40.7. The van der Waals surface area contributed by atoms with Gasteiger partial charge in [0.1, 0.15) is 0 Å². The van der Waals surface area contributed by atoms with Crippen LogP contribution in [0.5, 0.6) is 0 Å². The molecule has 1 fully saturated rings. The van der Waals surface area contributed by atoms with Gasteiger partial charge in [-0.2, -0.15) is 13.2 Å².